The Bertz CT molecular complexity index is 1450. The highest BCUT2D eigenvalue weighted by atomic mass is 35.5. The van der Waals surface area contributed by atoms with Gasteiger partial charge in [-0.3, -0.25) is 13.8 Å². The first-order chi connectivity index (χ1) is 16.3. The van der Waals surface area contributed by atoms with E-state index in [4.69, 9.17) is 11.6 Å². The second kappa shape index (κ2) is 10.3. The van der Waals surface area contributed by atoms with Gasteiger partial charge in [0.2, 0.25) is 15.9 Å². The summed E-state index contributed by atoms with van der Waals surface area (Å²) in [4.78, 5) is 12.7. The van der Waals surface area contributed by atoms with Crippen molar-refractivity contribution < 1.29 is 21.6 Å². The molecule has 3 aromatic rings. The van der Waals surface area contributed by atoms with Crippen molar-refractivity contribution in [2.75, 3.05) is 27.1 Å². The van der Waals surface area contributed by atoms with E-state index in [1.54, 1.807) is 19.1 Å². The standard InChI is InChI=1S/C24H26ClN3O5S2/c1-16-6-5-7-17(2)24(16)27-35(32,33)21-11-9-20(10-12-21)26-23(29)15-28(34(4,30)31)22-13-8-19(25)14-18(22)3/h5-14,27H,15H2,1-4H3,(H,26,29). The van der Waals surface area contributed by atoms with Crippen LogP contribution in [0.1, 0.15) is 16.7 Å². The number of amides is 1. The normalized spacial score (nSPS) is 11.7. The van der Waals surface area contributed by atoms with Gasteiger partial charge >= 0.3 is 0 Å². The van der Waals surface area contributed by atoms with Crippen molar-refractivity contribution in [1.29, 1.82) is 0 Å². The monoisotopic (exact) mass is 535 g/mol. The van der Waals surface area contributed by atoms with Gasteiger partial charge in [-0.1, -0.05) is 29.8 Å². The zero-order chi connectivity index (χ0) is 26.0. The lowest BCUT2D eigenvalue weighted by Gasteiger charge is -2.23. The number of halogens is 1. The van der Waals surface area contributed by atoms with Crippen molar-refractivity contribution in [2.24, 2.45) is 0 Å². The van der Waals surface area contributed by atoms with Crippen LogP contribution in [0.3, 0.4) is 0 Å². The summed E-state index contributed by atoms with van der Waals surface area (Å²) < 4.78 is 53.9. The van der Waals surface area contributed by atoms with Gasteiger partial charge in [0.25, 0.3) is 10.0 Å². The van der Waals surface area contributed by atoms with Crippen LogP contribution in [0.15, 0.2) is 65.6 Å². The number of para-hydroxylation sites is 1. The van der Waals surface area contributed by atoms with E-state index >= 15 is 0 Å². The van der Waals surface area contributed by atoms with Gasteiger partial charge < -0.3 is 5.32 Å². The molecule has 0 radical (unpaired) electrons. The zero-order valence-electron chi connectivity index (χ0n) is 19.7. The Kier molecular flexibility index (Phi) is 7.78. The average Bonchev–Trinajstić information content (AvgIpc) is 2.75. The topological polar surface area (TPSA) is 113 Å². The largest absolute Gasteiger partial charge is 0.325 e. The molecule has 8 nitrogen and oxygen atoms in total. The molecule has 2 N–H and O–H groups in total. The second-order valence-corrected chi connectivity index (χ2v) is 12.2. The maximum Gasteiger partial charge on any atom is 0.261 e. The van der Waals surface area contributed by atoms with Crippen molar-refractivity contribution in [1.82, 2.24) is 0 Å². The summed E-state index contributed by atoms with van der Waals surface area (Å²) in [5.74, 6) is -0.589. The van der Waals surface area contributed by atoms with Crippen molar-refractivity contribution in [2.45, 2.75) is 25.7 Å². The van der Waals surface area contributed by atoms with Crippen LogP contribution < -0.4 is 14.3 Å². The van der Waals surface area contributed by atoms with E-state index in [9.17, 15) is 21.6 Å². The Morgan fingerprint density at radius 1 is 0.886 bits per heavy atom. The first kappa shape index (κ1) is 26.5. The van der Waals surface area contributed by atoms with E-state index in [-0.39, 0.29) is 4.90 Å². The molecule has 0 aliphatic rings. The molecule has 186 valence electrons. The average molecular weight is 536 g/mol. The lowest BCUT2D eigenvalue weighted by molar-refractivity contribution is -0.114. The number of sulfonamides is 2. The van der Waals surface area contributed by atoms with Crippen molar-refractivity contribution in [3.8, 4) is 0 Å². The van der Waals surface area contributed by atoms with Crippen LogP contribution in [-0.2, 0) is 24.8 Å². The summed E-state index contributed by atoms with van der Waals surface area (Å²) in [7, 11) is -7.61. The van der Waals surface area contributed by atoms with E-state index < -0.39 is 32.5 Å². The fourth-order valence-electron chi connectivity index (χ4n) is 3.50. The molecule has 0 aromatic heterocycles. The van der Waals surface area contributed by atoms with E-state index in [0.717, 1.165) is 21.7 Å². The molecule has 0 atom stereocenters. The van der Waals surface area contributed by atoms with E-state index in [2.05, 4.69) is 10.0 Å². The molecule has 0 aliphatic heterocycles. The van der Waals surface area contributed by atoms with E-state index in [0.29, 0.717) is 27.6 Å². The van der Waals surface area contributed by atoms with Gasteiger partial charge in [0.05, 0.1) is 22.5 Å². The first-order valence-electron chi connectivity index (χ1n) is 10.5. The number of anilines is 3. The lowest BCUT2D eigenvalue weighted by Crippen LogP contribution is -2.37. The van der Waals surface area contributed by atoms with Gasteiger partial charge in [-0.25, -0.2) is 16.8 Å². The molecule has 0 saturated heterocycles. The molecular weight excluding hydrogens is 510 g/mol. The fourth-order valence-corrected chi connectivity index (χ4v) is 5.84. The molecule has 0 saturated carbocycles. The van der Waals surface area contributed by atoms with Gasteiger partial charge in [0.15, 0.2) is 0 Å². The SMILES string of the molecule is Cc1cc(Cl)ccc1N(CC(=O)Nc1ccc(S(=O)(=O)Nc2c(C)cccc2C)cc1)S(C)(=O)=O. The second-order valence-electron chi connectivity index (χ2n) is 8.15. The van der Waals surface area contributed by atoms with Gasteiger partial charge in [0, 0.05) is 10.7 Å². The molecule has 0 aliphatic carbocycles. The maximum absolute atomic E-state index is 12.8. The minimum absolute atomic E-state index is 0.0210. The number of benzene rings is 3. The number of rotatable bonds is 8. The third-order valence-corrected chi connectivity index (χ3v) is 8.01. The smallest absolute Gasteiger partial charge is 0.261 e. The molecular formula is C24H26ClN3O5S2. The zero-order valence-corrected chi connectivity index (χ0v) is 22.1. The summed E-state index contributed by atoms with van der Waals surface area (Å²) in [5, 5.41) is 3.06. The molecule has 3 rings (SSSR count). The van der Waals surface area contributed by atoms with Crippen LogP contribution in [-0.4, -0.2) is 35.5 Å². The summed E-state index contributed by atoms with van der Waals surface area (Å²) in [6.45, 7) is 4.86. The summed E-state index contributed by atoms with van der Waals surface area (Å²) >= 11 is 5.96. The Hall–Kier alpha value is -3.08. The Balaban J connectivity index is 1.75. The van der Waals surface area contributed by atoms with Gasteiger partial charge in [-0.15, -0.1) is 0 Å². The number of nitrogens with one attached hydrogen (secondary N) is 2. The maximum atomic E-state index is 12.8. The molecule has 11 heteroatoms. The number of carbonyl (C=O) groups is 1. The third kappa shape index (κ3) is 6.53. The minimum Gasteiger partial charge on any atom is -0.325 e. The highest BCUT2D eigenvalue weighted by Crippen LogP contribution is 2.26. The van der Waals surface area contributed by atoms with Crippen molar-refractivity contribution >= 4 is 54.6 Å². The molecule has 0 spiro atoms. The van der Waals surface area contributed by atoms with E-state index in [1.807, 2.05) is 32.0 Å². The quantitative estimate of drug-likeness (QED) is 0.442. The van der Waals surface area contributed by atoms with Crippen LogP contribution >= 0.6 is 11.6 Å². The predicted octanol–water partition coefficient (Wildman–Crippen LogP) is 4.47. The van der Waals surface area contributed by atoms with Crippen molar-refractivity contribution in [3.05, 3.63) is 82.4 Å². The summed E-state index contributed by atoms with van der Waals surface area (Å²) in [6.07, 6.45) is 1.01. The van der Waals surface area contributed by atoms with Gasteiger partial charge in [0.1, 0.15) is 6.54 Å². The Morgan fingerprint density at radius 2 is 1.49 bits per heavy atom. The number of hydrogen-bond donors (Lipinski definition) is 2. The van der Waals surface area contributed by atoms with Gasteiger partial charge in [-0.05, 0) is 79.9 Å². The first-order valence-corrected chi connectivity index (χ1v) is 14.2. The van der Waals surface area contributed by atoms with Crippen LogP contribution in [0, 0.1) is 20.8 Å². The highest BCUT2D eigenvalue weighted by Gasteiger charge is 2.23. The van der Waals surface area contributed by atoms with Gasteiger partial charge in [-0.2, -0.15) is 0 Å². The number of nitrogens with zero attached hydrogens (tertiary/aromatic N) is 1. The predicted molar refractivity (Wildman–Crippen MR) is 140 cm³/mol. The van der Waals surface area contributed by atoms with Crippen LogP contribution in [0.4, 0.5) is 17.1 Å². The minimum atomic E-state index is -3.85. The number of carbonyl (C=O) groups excluding carboxylic acids is 1. The molecule has 0 unspecified atom stereocenters. The fraction of sp³-hybridized carbons (Fsp3) is 0.208. The number of aryl methyl sites for hydroxylation is 3. The van der Waals surface area contributed by atoms with E-state index in [1.165, 1.54) is 30.3 Å². The Morgan fingerprint density at radius 3 is 2.03 bits per heavy atom. The third-order valence-electron chi connectivity index (χ3n) is 5.28. The molecule has 1 amide bonds. The summed E-state index contributed by atoms with van der Waals surface area (Å²) in [6, 6.07) is 15.8. The molecule has 35 heavy (non-hydrogen) atoms. The summed E-state index contributed by atoms with van der Waals surface area (Å²) in [5.41, 5.74) is 3.37. The van der Waals surface area contributed by atoms with Crippen LogP contribution in [0.2, 0.25) is 5.02 Å². The van der Waals surface area contributed by atoms with Crippen molar-refractivity contribution in [3.63, 3.8) is 0 Å². The molecule has 0 heterocycles. The van der Waals surface area contributed by atoms with Crippen LogP contribution in [0.25, 0.3) is 0 Å². The highest BCUT2D eigenvalue weighted by molar-refractivity contribution is 7.92. The molecule has 3 aromatic carbocycles. The lowest BCUT2D eigenvalue weighted by atomic mass is 10.1. The Labute approximate surface area is 211 Å². The number of hydrogen-bond acceptors (Lipinski definition) is 5. The van der Waals surface area contributed by atoms with Crippen LogP contribution in [0.5, 0.6) is 0 Å². The molecule has 0 fully saturated rings. The molecule has 0 bridgehead atoms.